The van der Waals surface area contributed by atoms with E-state index in [0.717, 1.165) is 5.56 Å². The van der Waals surface area contributed by atoms with Crippen LogP contribution >= 0.6 is 0 Å². The Labute approximate surface area is 139 Å². The largest absolute Gasteiger partial charge is 0.326 e. The van der Waals surface area contributed by atoms with E-state index in [0.29, 0.717) is 11.3 Å². The standard InChI is InChI=1S/C19H18FNO3/c1-12-7-8-14(13(2)22)11-17(12)21-19(24)10-9-18(23)15-5-3-4-6-16(15)20/h3-8,11H,9-10H2,1-2H3,(H,21,24). The van der Waals surface area contributed by atoms with E-state index in [9.17, 15) is 18.8 Å². The van der Waals surface area contributed by atoms with Crippen molar-refractivity contribution in [1.29, 1.82) is 0 Å². The molecule has 5 heteroatoms. The number of Topliss-reactive ketones (excluding diaryl/α,β-unsaturated/α-hetero) is 2. The molecule has 0 unspecified atom stereocenters. The van der Waals surface area contributed by atoms with Crippen molar-refractivity contribution in [2.75, 3.05) is 5.32 Å². The first-order valence-corrected chi connectivity index (χ1v) is 7.57. The predicted octanol–water partition coefficient (Wildman–Crippen LogP) is 3.94. The molecule has 0 saturated heterocycles. The topological polar surface area (TPSA) is 63.2 Å². The molecule has 0 heterocycles. The van der Waals surface area contributed by atoms with Crippen LogP contribution in [0.1, 0.15) is 46.0 Å². The lowest BCUT2D eigenvalue weighted by Gasteiger charge is -2.09. The molecule has 124 valence electrons. The van der Waals surface area contributed by atoms with Gasteiger partial charge in [-0.1, -0.05) is 24.3 Å². The van der Waals surface area contributed by atoms with Gasteiger partial charge in [-0.2, -0.15) is 0 Å². The summed E-state index contributed by atoms with van der Waals surface area (Å²) in [6.45, 7) is 3.26. The van der Waals surface area contributed by atoms with E-state index >= 15 is 0 Å². The molecule has 0 saturated carbocycles. The molecule has 0 aromatic heterocycles. The van der Waals surface area contributed by atoms with Crippen LogP contribution in [0.4, 0.5) is 10.1 Å². The van der Waals surface area contributed by atoms with Gasteiger partial charge in [-0.25, -0.2) is 4.39 Å². The minimum absolute atomic E-state index is 0.0138. The Morgan fingerprint density at radius 2 is 1.75 bits per heavy atom. The number of hydrogen-bond donors (Lipinski definition) is 1. The van der Waals surface area contributed by atoms with E-state index in [1.807, 2.05) is 6.92 Å². The Morgan fingerprint density at radius 3 is 2.42 bits per heavy atom. The molecule has 0 aliphatic carbocycles. The van der Waals surface area contributed by atoms with Gasteiger partial charge in [-0.05, 0) is 37.6 Å². The number of amides is 1. The van der Waals surface area contributed by atoms with Crippen LogP contribution in [0.15, 0.2) is 42.5 Å². The number of aryl methyl sites for hydroxylation is 1. The summed E-state index contributed by atoms with van der Waals surface area (Å²) in [5.41, 5.74) is 1.83. The summed E-state index contributed by atoms with van der Waals surface area (Å²) in [6, 6.07) is 10.7. The number of anilines is 1. The molecule has 2 aromatic carbocycles. The minimum atomic E-state index is -0.590. The maximum atomic E-state index is 13.5. The van der Waals surface area contributed by atoms with Crippen LogP contribution in [0, 0.1) is 12.7 Å². The molecule has 24 heavy (non-hydrogen) atoms. The third kappa shape index (κ3) is 4.35. The fourth-order valence-electron chi connectivity index (χ4n) is 2.24. The third-order valence-electron chi connectivity index (χ3n) is 3.67. The molecule has 2 rings (SSSR count). The molecule has 1 amide bonds. The maximum absolute atomic E-state index is 13.5. The van der Waals surface area contributed by atoms with Crippen molar-refractivity contribution in [3.8, 4) is 0 Å². The smallest absolute Gasteiger partial charge is 0.224 e. The molecular formula is C19H18FNO3. The van der Waals surface area contributed by atoms with Crippen LogP contribution in [0.25, 0.3) is 0 Å². The lowest BCUT2D eigenvalue weighted by Crippen LogP contribution is -2.15. The SMILES string of the molecule is CC(=O)c1ccc(C)c(NC(=O)CCC(=O)c2ccccc2F)c1. The Hall–Kier alpha value is -2.82. The van der Waals surface area contributed by atoms with Gasteiger partial charge >= 0.3 is 0 Å². The number of benzene rings is 2. The number of hydrogen-bond acceptors (Lipinski definition) is 3. The highest BCUT2D eigenvalue weighted by Crippen LogP contribution is 2.18. The number of nitrogens with one attached hydrogen (secondary N) is 1. The Balaban J connectivity index is 1.99. The van der Waals surface area contributed by atoms with Crippen LogP contribution in [-0.4, -0.2) is 17.5 Å². The highest BCUT2D eigenvalue weighted by molar-refractivity contribution is 6.01. The van der Waals surface area contributed by atoms with Crippen molar-refractivity contribution in [2.24, 2.45) is 0 Å². The summed E-state index contributed by atoms with van der Waals surface area (Å²) in [4.78, 5) is 35.4. The fourth-order valence-corrected chi connectivity index (χ4v) is 2.24. The van der Waals surface area contributed by atoms with Crippen molar-refractivity contribution in [3.63, 3.8) is 0 Å². The Kier molecular flexibility index (Phi) is 5.58. The second kappa shape index (κ2) is 7.64. The summed E-state index contributed by atoms with van der Waals surface area (Å²) in [5, 5.41) is 2.69. The quantitative estimate of drug-likeness (QED) is 0.817. The van der Waals surface area contributed by atoms with Crippen LogP contribution in [0.3, 0.4) is 0 Å². The van der Waals surface area contributed by atoms with Crippen molar-refractivity contribution in [2.45, 2.75) is 26.7 Å². The van der Waals surface area contributed by atoms with E-state index < -0.39 is 11.6 Å². The highest BCUT2D eigenvalue weighted by Gasteiger charge is 2.14. The van der Waals surface area contributed by atoms with Gasteiger partial charge in [0.1, 0.15) is 5.82 Å². The van der Waals surface area contributed by atoms with Gasteiger partial charge in [0.2, 0.25) is 5.91 Å². The fraction of sp³-hybridized carbons (Fsp3) is 0.211. The first kappa shape index (κ1) is 17.5. The number of carbonyl (C=O) groups excluding carboxylic acids is 3. The molecular weight excluding hydrogens is 309 g/mol. The molecule has 2 aromatic rings. The number of ketones is 2. The van der Waals surface area contributed by atoms with E-state index in [-0.39, 0.29) is 30.1 Å². The van der Waals surface area contributed by atoms with Crippen LogP contribution in [0.2, 0.25) is 0 Å². The summed E-state index contributed by atoms with van der Waals surface area (Å²) in [6.07, 6.45) is -0.144. The zero-order chi connectivity index (χ0) is 17.7. The Morgan fingerprint density at radius 1 is 1.04 bits per heavy atom. The Bertz CT molecular complexity index is 799. The molecule has 0 atom stereocenters. The van der Waals surface area contributed by atoms with Crippen molar-refractivity contribution < 1.29 is 18.8 Å². The van der Waals surface area contributed by atoms with Gasteiger partial charge in [0.05, 0.1) is 5.56 Å². The van der Waals surface area contributed by atoms with E-state index in [2.05, 4.69) is 5.32 Å². The van der Waals surface area contributed by atoms with Crippen LogP contribution in [-0.2, 0) is 4.79 Å². The summed E-state index contributed by atoms with van der Waals surface area (Å²) in [7, 11) is 0. The maximum Gasteiger partial charge on any atom is 0.224 e. The van der Waals surface area contributed by atoms with Gasteiger partial charge in [0, 0.05) is 24.1 Å². The van der Waals surface area contributed by atoms with Crippen molar-refractivity contribution in [3.05, 3.63) is 65.0 Å². The van der Waals surface area contributed by atoms with Gasteiger partial charge < -0.3 is 5.32 Å². The second-order valence-corrected chi connectivity index (χ2v) is 5.54. The van der Waals surface area contributed by atoms with Gasteiger partial charge in [0.15, 0.2) is 11.6 Å². The predicted molar refractivity (Wildman–Crippen MR) is 89.8 cm³/mol. The molecule has 1 N–H and O–H groups in total. The average Bonchev–Trinajstić information content (AvgIpc) is 2.55. The first-order chi connectivity index (χ1) is 11.4. The van der Waals surface area contributed by atoms with Crippen molar-refractivity contribution >= 4 is 23.2 Å². The molecule has 0 aliphatic rings. The van der Waals surface area contributed by atoms with Crippen LogP contribution in [0.5, 0.6) is 0 Å². The lowest BCUT2D eigenvalue weighted by atomic mass is 10.1. The van der Waals surface area contributed by atoms with Gasteiger partial charge in [-0.15, -0.1) is 0 Å². The molecule has 0 aliphatic heterocycles. The van der Waals surface area contributed by atoms with E-state index in [1.165, 1.54) is 25.1 Å². The molecule has 0 fully saturated rings. The number of carbonyl (C=O) groups is 3. The molecule has 4 nitrogen and oxygen atoms in total. The minimum Gasteiger partial charge on any atom is -0.326 e. The van der Waals surface area contributed by atoms with Crippen LogP contribution < -0.4 is 5.32 Å². The summed E-state index contributed by atoms with van der Waals surface area (Å²) in [5.74, 6) is -1.46. The molecule has 0 spiro atoms. The van der Waals surface area contributed by atoms with Gasteiger partial charge in [0.25, 0.3) is 0 Å². The van der Waals surface area contributed by atoms with E-state index in [4.69, 9.17) is 0 Å². The summed E-state index contributed by atoms with van der Waals surface area (Å²) < 4.78 is 13.5. The van der Waals surface area contributed by atoms with Gasteiger partial charge in [-0.3, -0.25) is 14.4 Å². The lowest BCUT2D eigenvalue weighted by molar-refractivity contribution is -0.116. The van der Waals surface area contributed by atoms with Crippen molar-refractivity contribution in [1.82, 2.24) is 0 Å². The zero-order valence-electron chi connectivity index (χ0n) is 13.6. The molecule has 0 bridgehead atoms. The highest BCUT2D eigenvalue weighted by atomic mass is 19.1. The molecule has 0 radical (unpaired) electrons. The first-order valence-electron chi connectivity index (χ1n) is 7.57. The number of halogens is 1. The zero-order valence-corrected chi connectivity index (χ0v) is 13.6. The van der Waals surface area contributed by atoms with E-state index in [1.54, 1.807) is 24.3 Å². The summed E-state index contributed by atoms with van der Waals surface area (Å²) >= 11 is 0. The number of rotatable bonds is 6. The third-order valence-corrected chi connectivity index (χ3v) is 3.67. The monoisotopic (exact) mass is 327 g/mol. The average molecular weight is 327 g/mol. The normalized spacial score (nSPS) is 10.3. The second-order valence-electron chi connectivity index (χ2n) is 5.54.